The van der Waals surface area contributed by atoms with Crippen molar-refractivity contribution < 1.29 is 4.79 Å². The van der Waals surface area contributed by atoms with E-state index in [0.717, 1.165) is 36.4 Å². The average Bonchev–Trinajstić information content (AvgIpc) is 3.02. The van der Waals surface area contributed by atoms with Crippen molar-refractivity contribution >= 4 is 30.1 Å². The van der Waals surface area contributed by atoms with Crippen molar-refractivity contribution in [1.82, 2.24) is 9.88 Å². The summed E-state index contributed by atoms with van der Waals surface area (Å²) in [5.41, 5.74) is 3.60. The van der Waals surface area contributed by atoms with Crippen LogP contribution in [0.3, 0.4) is 0 Å². The van der Waals surface area contributed by atoms with E-state index in [1.165, 1.54) is 49.5 Å². The van der Waals surface area contributed by atoms with Gasteiger partial charge in [-0.1, -0.05) is 24.5 Å². The average molecular weight is 336 g/mol. The Morgan fingerprint density at radius 2 is 2.00 bits per heavy atom. The topological polar surface area (TPSA) is 34.0 Å². The van der Waals surface area contributed by atoms with Crippen molar-refractivity contribution in [3.8, 4) is 0 Å². The maximum absolute atomic E-state index is 13.0. The van der Waals surface area contributed by atoms with Gasteiger partial charge in [-0.15, -0.1) is 0 Å². The third-order valence-electron chi connectivity index (χ3n) is 6.70. The zero-order valence-corrected chi connectivity index (χ0v) is 15.6. The molecule has 3 nitrogen and oxygen atoms in total. The summed E-state index contributed by atoms with van der Waals surface area (Å²) in [6, 6.07) is 6.33. The van der Waals surface area contributed by atoms with Crippen LogP contribution in [0.25, 0.3) is 10.9 Å². The zero-order valence-electron chi connectivity index (χ0n) is 15.6. The first-order valence-corrected chi connectivity index (χ1v) is 9.98. The fourth-order valence-electron chi connectivity index (χ4n) is 5.10. The third kappa shape index (κ3) is 3.00. The van der Waals surface area contributed by atoms with E-state index in [-0.39, 0.29) is 5.91 Å². The van der Waals surface area contributed by atoms with Crippen LogP contribution in [-0.2, 0) is 6.54 Å². The largest absolute Gasteiger partial charge is 0.351 e. The number of nitrogens with one attached hydrogen (secondary N) is 1. The minimum atomic E-state index is 0.108. The predicted octanol–water partition coefficient (Wildman–Crippen LogP) is 3.01. The number of carbonyl (C=O) groups is 1. The predicted molar refractivity (Wildman–Crippen MR) is 106 cm³/mol. The zero-order chi connectivity index (χ0) is 17.4. The quantitative estimate of drug-likeness (QED) is 0.837. The molecule has 2 bridgehead atoms. The van der Waals surface area contributed by atoms with E-state index >= 15 is 0 Å². The Bertz CT molecular complexity index is 773. The minimum absolute atomic E-state index is 0.108. The van der Waals surface area contributed by atoms with Crippen LogP contribution in [0.5, 0.6) is 0 Å². The summed E-state index contributed by atoms with van der Waals surface area (Å²) in [5, 5.41) is 4.43. The van der Waals surface area contributed by atoms with Gasteiger partial charge >= 0.3 is 0 Å². The van der Waals surface area contributed by atoms with Gasteiger partial charge in [-0.05, 0) is 62.3 Å². The van der Waals surface area contributed by atoms with Crippen molar-refractivity contribution in [3.63, 3.8) is 0 Å². The van der Waals surface area contributed by atoms with E-state index in [4.69, 9.17) is 0 Å². The standard InChI is InChI=1S/C21H29BN2O/c1-2-12-24-13-16(19-17(22)4-3-5-18(19)24)20(25)23-14-21-9-6-15(7-10-21)8-11-21/h3-5,13,15H,2,6-12,14,22H2,1H3,(H,23,25). The van der Waals surface area contributed by atoms with Gasteiger partial charge in [0.2, 0.25) is 0 Å². The molecule has 25 heavy (non-hydrogen) atoms. The number of carbonyl (C=O) groups excluding carboxylic acids is 1. The molecule has 1 amide bonds. The van der Waals surface area contributed by atoms with E-state index in [2.05, 4.69) is 49.0 Å². The minimum Gasteiger partial charge on any atom is -0.351 e. The highest BCUT2D eigenvalue weighted by Crippen LogP contribution is 2.49. The Morgan fingerprint density at radius 1 is 1.28 bits per heavy atom. The molecule has 0 unspecified atom stereocenters. The summed E-state index contributed by atoms with van der Waals surface area (Å²) < 4.78 is 2.24. The van der Waals surface area contributed by atoms with Crippen LogP contribution in [0.15, 0.2) is 24.4 Å². The van der Waals surface area contributed by atoms with Crippen LogP contribution in [-0.4, -0.2) is 24.9 Å². The van der Waals surface area contributed by atoms with Crippen molar-refractivity contribution in [3.05, 3.63) is 30.0 Å². The van der Waals surface area contributed by atoms with Gasteiger partial charge in [-0.25, -0.2) is 0 Å². The lowest BCUT2D eigenvalue weighted by atomic mass is 9.61. The highest BCUT2D eigenvalue weighted by atomic mass is 16.1. The molecule has 132 valence electrons. The second-order valence-electron chi connectivity index (χ2n) is 8.37. The Labute approximate surface area is 151 Å². The number of fused-ring (bicyclic) bond motifs is 4. The Balaban J connectivity index is 1.57. The monoisotopic (exact) mass is 336 g/mol. The van der Waals surface area contributed by atoms with Crippen LogP contribution in [0.1, 0.15) is 62.2 Å². The second kappa shape index (κ2) is 6.55. The molecule has 0 aliphatic heterocycles. The van der Waals surface area contributed by atoms with Crippen LogP contribution < -0.4 is 10.8 Å². The van der Waals surface area contributed by atoms with Crippen LogP contribution in [0, 0.1) is 11.3 Å². The number of hydrogen-bond donors (Lipinski definition) is 1. The second-order valence-corrected chi connectivity index (χ2v) is 8.37. The summed E-state index contributed by atoms with van der Waals surface area (Å²) in [5.74, 6) is 1.07. The maximum atomic E-state index is 13.0. The molecule has 0 spiro atoms. The van der Waals surface area contributed by atoms with Gasteiger partial charge in [0.1, 0.15) is 7.85 Å². The molecule has 3 aliphatic carbocycles. The summed E-state index contributed by atoms with van der Waals surface area (Å²) in [4.78, 5) is 13.0. The molecule has 0 saturated heterocycles. The number of nitrogens with zero attached hydrogens (tertiary/aromatic N) is 1. The number of aryl methyl sites for hydroxylation is 1. The highest BCUT2D eigenvalue weighted by molar-refractivity contribution is 6.40. The van der Waals surface area contributed by atoms with Gasteiger partial charge < -0.3 is 9.88 Å². The van der Waals surface area contributed by atoms with Crippen LogP contribution in [0.4, 0.5) is 0 Å². The van der Waals surface area contributed by atoms with Gasteiger partial charge in [0.15, 0.2) is 0 Å². The SMILES string of the molecule is Bc1cccc2c1c(C(=O)NCC13CCC(CC1)CC3)cn2CCC. The van der Waals surface area contributed by atoms with E-state index < -0.39 is 0 Å². The van der Waals surface area contributed by atoms with Crippen molar-refractivity contribution in [1.29, 1.82) is 0 Å². The number of rotatable bonds is 5. The first kappa shape index (κ1) is 16.7. The molecule has 3 fully saturated rings. The Kier molecular flexibility index (Phi) is 4.39. The molecule has 4 heteroatoms. The first-order chi connectivity index (χ1) is 12.1. The summed E-state index contributed by atoms with van der Waals surface area (Å²) in [7, 11) is 2.11. The fraction of sp³-hybridized carbons (Fsp3) is 0.571. The summed E-state index contributed by atoms with van der Waals surface area (Å²) >= 11 is 0. The fourth-order valence-corrected chi connectivity index (χ4v) is 5.10. The lowest BCUT2D eigenvalue weighted by Crippen LogP contribution is -2.43. The van der Waals surface area contributed by atoms with Crippen LogP contribution in [0.2, 0.25) is 0 Å². The molecule has 2 aromatic rings. The van der Waals surface area contributed by atoms with E-state index in [1.54, 1.807) is 0 Å². The molecule has 3 aliphatic rings. The van der Waals surface area contributed by atoms with Gasteiger partial charge in [0, 0.05) is 30.2 Å². The van der Waals surface area contributed by atoms with Crippen molar-refractivity contribution in [2.24, 2.45) is 11.3 Å². The van der Waals surface area contributed by atoms with E-state index in [1.807, 2.05) is 0 Å². The number of aromatic nitrogens is 1. The van der Waals surface area contributed by atoms with Gasteiger partial charge in [0.05, 0.1) is 5.56 Å². The summed E-state index contributed by atoms with van der Waals surface area (Å²) in [6.07, 6.45) is 11.1. The van der Waals surface area contributed by atoms with Gasteiger partial charge in [0.25, 0.3) is 5.91 Å². The third-order valence-corrected chi connectivity index (χ3v) is 6.70. The van der Waals surface area contributed by atoms with E-state index in [9.17, 15) is 4.79 Å². The lowest BCUT2D eigenvalue weighted by molar-refractivity contribution is 0.0598. The number of benzene rings is 1. The number of amides is 1. The van der Waals surface area contributed by atoms with Gasteiger partial charge in [-0.3, -0.25) is 4.79 Å². The number of hydrogen-bond acceptors (Lipinski definition) is 1. The molecule has 0 radical (unpaired) electrons. The molecule has 1 aromatic carbocycles. The van der Waals surface area contributed by atoms with E-state index in [0.29, 0.717) is 5.41 Å². The highest BCUT2D eigenvalue weighted by Gasteiger charge is 2.40. The Morgan fingerprint density at radius 3 is 2.68 bits per heavy atom. The maximum Gasteiger partial charge on any atom is 0.253 e. The lowest BCUT2D eigenvalue weighted by Gasteiger charge is -2.46. The van der Waals surface area contributed by atoms with Crippen molar-refractivity contribution in [2.75, 3.05) is 6.54 Å². The smallest absolute Gasteiger partial charge is 0.253 e. The molecule has 3 saturated carbocycles. The molecule has 5 rings (SSSR count). The molecule has 1 N–H and O–H groups in total. The molecular formula is C21H29BN2O. The molecule has 1 heterocycles. The molecular weight excluding hydrogens is 307 g/mol. The van der Waals surface area contributed by atoms with Crippen molar-refractivity contribution in [2.45, 2.75) is 58.4 Å². The Hall–Kier alpha value is -1.71. The van der Waals surface area contributed by atoms with Gasteiger partial charge in [-0.2, -0.15) is 0 Å². The normalized spacial score (nSPS) is 25.4. The first-order valence-electron chi connectivity index (χ1n) is 9.98. The summed E-state index contributed by atoms with van der Waals surface area (Å²) in [6.45, 7) is 3.99. The molecule has 0 atom stereocenters. The van der Waals surface area contributed by atoms with Crippen LogP contribution >= 0.6 is 0 Å². The molecule has 1 aromatic heterocycles.